The number of hydrogen-bond donors (Lipinski definition) is 1. The Kier molecular flexibility index (Phi) is 5.14. The third-order valence-corrected chi connectivity index (χ3v) is 3.76. The molecule has 0 spiro atoms. The van der Waals surface area contributed by atoms with Crippen LogP contribution in [-0.4, -0.2) is 18.6 Å². The highest BCUT2D eigenvalue weighted by atomic mass is 16.5. The van der Waals surface area contributed by atoms with Gasteiger partial charge in [-0.15, -0.1) is 0 Å². The SMILES string of the molecule is CC1CCCCC1OCC(=O)Nc1ccc(C#N)cc1. The van der Waals surface area contributed by atoms with Crippen molar-refractivity contribution in [1.82, 2.24) is 0 Å². The van der Waals surface area contributed by atoms with E-state index in [0.717, 1.165) is 6.42 Å². The minimum Gasteiger partial charge on any atom is -0.368 e. The molecular formula is C16H20N2O2. The summed E-state index contributed by atoms with van der Waals surface area (Å²) < 4.78 is 5.71. The number of nitrogens with zero attached hydrogens (tertiary/aromatic N) is 1. The maximum absolute atomic E-state index is 11.8. The molecule has 1 amide bonds. The number of benzene rings is 1. The van der Waals surface area contributed by atoms with Crippen LogP contribution >= 0.6 is 0 Å². The summed E-state index contributed by atoms with van der Waals surface area (Å²) in [6.45, 7) is 2.28. The van der Waals surface area contributed by atoms with Crippen LogP contribution in [-0.2, 0) is 9.53 Å². The predicted molar refractivity (Wildman–Crippen MR) is 77.2 cm³/mol. The van der Waals surface area contributed by atoms with Gasteiger partial charge in [-0.05, 0) is 43.0 Å². The summed E-state index contributed by atoms with van der Waals surface area (Å²) in [5.74, 6) is 0.388. The molecule has 4 heteroatoms. The number of carbonyl (C=O) groups excluding carboxylic acids is 1. The third kappa shape index (κ3) is 4.07. The molecule has 1 fully saturated rings. The molecule has 2 atom stereocenters. The molecular weight excluding hydrogens is 252 g/mol. The van der Waals surface area contributed by atoms with Gasteiger partial charge in [0.1, 0.15) is 6.61 Å². The minimum absolute atomic E-state index is 0.0923. The van der Waals surface area contributed by atoms with Crippen molar-refractivity contribution in [3.63, 3.8) is 0 Å². The van der Waals surface area contributed by atoms with Gasteiger partial charge in [-0.1, -0.05) is 19.8 Å². The van der Waals surface area contributed by atoms with Crippen LogP contribution in [0.25, 0.3) is 0 Å². The van der Waals surface area contributed by atoms with Gasteiger partial charge >= 0.3 is 0 Å². The molecule has 0 bridgehead atoms. The van der Waals surface area contributed by atoms with Crippen molar-refractivity contribution in [2.75, 3.05) is 11.9 Å². The molecule has 0 saturated heterocycles. The number of ether oxygens (including phenoxy) is 1. The molecule has 20 heavy (non-hydrogen) atoms. The highest BCUT2D eigenvalue weighted by Crippen LogP contribution is 2.26. The third-order valence-electron chi connectivity index (χ3n) is 3.76. The Hall–Kier alpha value is -1.86. The molecule has 0 aliphatic heterocycles. The van der Waals surface area contributed by atoms with Crippen LogP contribution in [0.1, 0.15) is 38.2 Å². The van der Waals surface area contributed by atoms with Gasteiger partial charge in [0.05, 0.1) is 17.7 Å². The van der Waals surface area contributed by atoms with Gasteiger partial charge in [0.15, 0.2) is 0 Å². The zero-order valence-electron chi connectivity index (χ0n) is 11.8. The first kappa shape index (κ1) is 14.5. The van der Waals surface area contributed by atoms with E-state index < -0.39 is 0 Å². The fraction of sp³-hybridized carbons (Fsp3) is 0.500. The highest BCUT2D eigenvalue weighted by Gasteiger charge is 2.22. The molecule has 0 aromatic heterocycles. The number of amides is 1. The lowest BCUT2D eigenvalue weighted by atomic mass is 9.88. The first-order chi connectivity index (χ1) is 9.69. The number of nitrogens with one attached hydrogen (secondary N) is 1. The summed E-state index contributed by atoms with van der Waals surface area (Å²) in [7, 11) is 0. The van der Waals surface area contributed by atoms with E-state index >= 15 is 0 Å². The Morgan fingerprint density at radius 2 is 2.05 bits per heavy atom. The van der Waals surface area contributed by atoms with Gasteiger partial charge in [0.25, 0.3) is 0 Å². The lowest BCUT2D eigenvalue weighted by Crippen LogP contribution is -2.29. The van der Waals surface area contributed by atoms with E-state index in [2.05, 4.69) is 12.2 Å². The number of anilines is 1. The summed E-state index contributed by atoms with van der Waals surface area (Å²) in [4.78, 5) is 11.8. The largest absolute Gasteiger partial charge is 0.368 e. The molecule has 1 N–H and O–H groups in total. The van der Waals surface area contributed by atoms with Crippen LogP contribution < -0.4 is 5.32 Å². The number of rotatable bonds is 4. The molecule has 2 rings (SSSR count). The van der Waals surface area contributed by atoms with Crippen molar-refractivity contribution >= 4 is 11.6 Å². The summed E-state index contributed by atoms with van der Waals surface area (Å²) in [6.07, 6.45) is 4.88. The van der Waals surface area contributed by atoms with Gasteiger partial charge in [-0.2, -0.15) is 5.26 Å². The van der Waals surface area contributed by atoms with Gasteiger partial charge < -0.3 is 10.1 Å². The van der Waals surface area contributed by atoms with Gasteiger partial charge in [-0.25, -0.2) is 0 Å². The second-order valence-corrected chi connectivity index (χ2v) is 5.35. The lowest BCUT2D eigenvalue weighted by Gasteiger charge is -2.28. The molecule has 1 aliphatic rings. The van der Waals surface area contributed by atoms with E-state index in [1.165, 1.54) is 19.3 Å². The smallest absolute Gasteiger partial charge is 0.250 e. The van der Waals surface area contributed by atoms with Crippen LogP contribution in [0.15, 0.2) is 24.3 Å². The monoisotopic (exact) mass is 272 g/mol. The first-order valence-corrected chi connectivity index (χ1v) is 7.10. The average Bonchev–Trinajstić information content (AvgIpc) is 2.47. The Morgan fingerprint density at radius 3 is 2.70 bits per heavy atom. The standard InChI is InChI=1S/C16H20N2O2/c1-12-4-2-3-5-15(12)20-11-16(19)18-14-8-6-13(10-17)7-9-14/h6-9,12,15H,2-5,11H2,1H3,(H,18,19). The number of carbonyl (C=O) groups is 1. The normalized spacial score (nSPS) is 22.0. The zero-order chi connectivity index (χ0) is 14.4. The van der Waals surface area contributed by atoms with Gasteiger partial charge in [-0.3, -0.25) is 4.79 Å². The van der Waals surface area contributed by atoms with Crippen molar-refractivity contribution in [3.8, 4) is 6.07 Å². The lowest BCUT2D eigenvalue weighted by molar-refractivity contribution is -0.124. The maximum atomic E-state index is 11.8. The topological polar surface area (TPSA) is 62.1 Å². The van der Waals surface area contributed by atoms with Crippen molar-refractivity contribution < 1.29 is 9.53 Å². The number of hydrogen-bond acceptors (Lipinski definition) is 3. The molecule has 106 valence electrons. The fourth-order valence-corrected chi connectivity index (χ4v) is 2.54. The molecule has 2 unspecified atom stereocenters. The van der Waals surface area contributed by atoms with E-state index in [9.17, 15) is 4.79 Å². The molecule has 0 heterocycles. The van der Waals surface area contributed by atoms with E-state index in [1.807, 2.05) is 6.07 Å². The van der Waals surface area contributed by atoms with Crippen molar-refractivity contribution in [2.24, 2.45) is 5.92 Å². The predicted octanol–water partition coefficient (Wildman–Crippen LogP) is 3.09. The van der Waals surface area contributed by atoms with Crippen LogP contribution in [0.3, 0.4) is 0 Å². The molecule has 1 aromatic carbocycles. The molecule has 0 radical (unpaired) electrons. The van der Waals surface area contributed by atoms with Crippen LogP contribution in [0.4, 0.5) is 5.69 Å². The molecule has 1 aliphatic carbocycles. The Labute approximate surface area is 119 Å². The maximum Gasteiger partial charge on any atom is 0.250 e. The zero-order valence-corrected chi connectivity index (χ0v) is 11.8. The highest BCUT2D eigenvalue weighted by molar-refractivity contribution is 5.91. The molecule has 4 nitrogen and oxygen atoms in total. The van der Waals surface area contributed by atoms with Crippen molar-refractivity contribution in [2.45, 2.75) is 38.7 Å². The summed E-state index contributed by atoms with van der Waals surface area (Å²) in [6, 6.07) is 8.85. The summed E-state index contributed by atoms with van der Waals surface area (Å²) in [5, 5.41) is 11.5. The Balaban J connectivity index is 1.78. The Morgan fingerprint density at radius 1 is 1.35 bits per heavy atom. The van der Waals surface area contributed by atoms with E-state index in [1.54, 1.807) is 24.3 Å². The van der Waals surface area contributed by atoms with Crippen molar-refractivity contribution in [1.29, 1.82) is 5.26 Å². The summed E-state index contributed by atoms with van der Waals surface area (Å²) in [5.41, 5.74) is 1.27. The van der Waals surface area contributed by atoms with Crippen molar-refractivity contribution in [3.05, 3.63) is 29.8 Å². The summed E-state index contributed by atoms with van der Waals surface area (Å²) >= 11 is 0. The quantitative estimate of drug-likeness (QED) is 0.916. The van der Waals surface area contributed by atoms with E-state index in [0.29, 0.717) is 17.2 Å². The van der Waals surface area contributed by atoms with E-state index in [-0.39, 0.29) is 18.6 Å². The minimum atomic E-state index is -0.146. The van der Waals surface area contributed by atoms with E-state index in [4.69, 9.17) is 10.00 Å². The fourth-order valence-electron chi connectivity index (χ4n) is 2.54. The Bertz CT molecular complexity index is 490. The second kappa shape index (κ2) is 7.06. The molecule has 1 saturated carbocycles. The first-order valence-electron chi connectivity index (χ1n) is 7.10. The van der Waals surface area contributed by atoms with Crippen LogP contribution in [0.5, 0.6) is 0 Å². The molecule has 1 aromatic rings. The second-order valence-electron chi connectivity index (χ2n) is 5.35. The van der Waals surface area contributed by atoms with Crippen LogP contribution in [0.2, 0.25) is 0 Å². The number of nitriles is 1. The van der Waals surface area contributed by atoms with Crippen LogP contribution in [0, 0.1) is 17.2 Å². The van der Waals surface area contributed by atoms with Gasteiger partial charge in [0.2, 0.25) is 5.91 Å². The van der Waals surface area contributed by atoms with Gasteiger partial charge in [0, 0.05) is 5.69 Å². The average molecular weight is 272 g/mol.